The van der Waals surface area contributed by atoms with Gasteiger partial charge < -0.3 is 9.47 Å². The van der Waals surface area contributed by atoms with Gasteiger partial charge in [0.1, 0.15) is 0 Å². The number of hydrogen-bond acceptors (Lipinski definition) is 3. The average molecular weight is 216 g/mol. The number of rotatable bonds is 8. The molecule has 3 heteroatoms. The molecule has 0 saturated heterocycles. The smallest absolute Gasteiger partial charge is 0.311 e. The number of hydrogen-bond donors (Lipinski definition) is 0. The minimum absolute atomic E-state index is 0.0892. The highest BCUT2D eigenvalue weighted by atomic mass is 16.5. The molecule has 1 unspecified atom stereocenters. The molecule has 0 aromatic rings. The first kappa shape index (κ1) is 14.4. The Bertz CT molecular complexity index is 166. The quantitative estimate of drug-likeness (QED) is 0.585. The molecule has 3 nitrogen and oxygen atoms in total. The summed E-state index contributed by atoms with van der Waals surface area (Å²) in [5, 5.41) is 0. The molecule has 90 valence electrons. The van der Waals surface area contributed by atoms with Gasteiger partial charge in [0, 0.05) is 6.61 Å². The molecule has 0 saturated carbocycles. The highest BCUT2D eigenvalue weighted by Crippen LogP contribution is 2.14. The standard InChI is InChI=1S/C12H24O3/c1-5-15-9-11(12(13)14-4)8-6-7-10(2)3/h10-11H,5-9H2,1-4H3. The zero-order valence-corrected chi connectivity index (χ0v) is 10.4. The van der Waals surface area contributed by atoms with Crippen molar-refractivity contribution in [3.8, 4) is 0 Å². The van der Waals surface area contributed by atoms with Gasteiger partial charge in [0.2, 0.25) is 0 Å². The third-order valence-electron chi connectivity index (χ3n) is 2.39. The Morgan fingerprint density at radius 2 is 1.93 bits per heavy atom. The number of carbonyl (C=O) groups is 1. The number of esters is 1. The predicted octanol–water partition coefficient (Wildman–Crippen LogP) is 2.64. The van der Waals surface area contributed by atoms with Crippen molar-refractivity contribution in [2.75, 3.05) is 20.3 Å². The van der Waals surface area contributed by atoms with Gasteiger partial charge in [-0.3, -0.25) is 4.79 Å². The van der Waals surface area contributed by atoms with Crippen LogP contribution in [0.2, 0.25) is 0 Å². The first-order valence-electron chi connectivity index (χ1n) is 5.77. The van der Waals surface area contributed by atoms with Gasteiger partial charge in [-0.05, 0) is 19.3 Å². The summed E-state index contributed by atoms with van der Waals surface area (Å²) < 4.78 is 10.0. The maximum Gasteiger partial charge on any atom is 0.311 e. The van der Waals surface area contributed by atoms with Crippen LogP contribution in [0, 0.1) is 11.8 Å². The maximum absolute atomic E-state index is 11.4. The Morgan fingerprint density at radius 3 is 2.40 bits per heavy atom. The van der Waals surface area contributed by atoms with Crippen LogP contribution in [-0.4, -0.2) is 26.3 Å². The monoisotopic (exact) mass is 216 g/mol. The van der Waals surface area contributed by atoms with E-state index < -0.39 is 0 Å². The van der Waals surface area contributed by atoms with Crippen molar-refractivity contribution in [2.45, 2.75) is 40.0 Å². The summed E-state index contributed by atoms with van der Waals surface area (Å²) in [6.45, 7) is 7.45. The van der Waals surface area contributed by atoms with Crippen molar-refractivity contribution in [2.24, 2.45) is 11.8 Å². The molecular formula is C12H24O3. The first-order valence-corrected chi connectivity index (χ1v) is 5.77. The predicted molar refractivity (Wildman–Crippen MR) is 60.7 cm³/mol. The summed E-state index contributed by atoms with van der Waals surface area (Å²) >= 11 is 0. The normalized spacial score (nSPS) is 12.9. The summed E-state index contributed by atoms with van der Waals surface area (Å²) in [6.07, 6.45) is 3.08. The lowest BCUT2D eigenvalue weighted by Crippen LogP contribution is -2.21. The van der Waals surface area contributed by atoms with Crippen LogP contribution in [0.5, 0.6) is 0 Å². The molecule has 0 aromatic carbocycles. The molecule has 0 aliphatic rings. The molecule has 0 spiro atoms. The first-order chi connectivity index (χ1) is 7.11. The van der Waals surface area contributed by atoms with E-state index in [9.17, 15) is 4.79 Å². The molecule has 0 fully saturated rings. The van der Waals surface area contributed by atoms with Crippen molar-refractivity contribution < 1.29 is 14.3 Å². The van der Waals surface area contributed by atoms with E-state index in [4.69, 9.17) is 9.47 Å². The summed E-state index contributed by atoms with van der Waals surface area (Å²) in [5.41, 5.74) is 0. The fourth-order valence-corrected chi connectivity index (χ4v) is 1.47. The summed E-state index contributed by atoms with van der Waals surface area (Å²) in [4.78, 5) is 11.4. The van der Waals surface area contributed by atoms with Crippen LogP contribution in [0.3, 0.4) is 0 Å². The summed E-state index contributed by atoms with van der Waals surface area (Å²) in [7, 11) is 1.43. The van der Waals surface area contributed by atoms with Crippen LogP contribution in [0.1, 0.15) is 40.0 Å². The van der Waals surface area contributed by atoms with E-state index in [0.29, 0.717) is 19.1 Å². The van der Waals surface area contributed by atoms with E-state index in [1.165, 1.54) is 7.11 Å². The Kier molecular flexibility index (Phi) is 8.38. The van der Waals surface area contributed by atoms with Crippen molar-refractivity contribution in [1.29, 1.82) is 0 Å². The molecule has 0 bridgehead atoms. The fourth-order valence-electron chi connectivity index (χ4n) is 1.47. The lowest BCUT2D eigenvalue weighted by Gasteiger charge is -2.14. The van der Waals surface area contributed by atoms with E-state index in [1.54, 1.807) is 0 Å². The number of ether oxygens (including phenoxy) is 2. The molecule has 0 aromatic heterocycles. The van der Waals surface area contributed by atoms with Crippen LogP contribution in [0.4, 0.5) is 0 Å². The van der Waals surface area contributed by atoms with Gasteiger partial charge in [-0.25, -0.2) is 0 Å². The van der Waals surface area contributed by atoms with E-state index >= 15 is 0 Å². The zero-order chi connectivity index (χ0) is 11.7. The second-order valence-corrected chi connectivity index (χ2v) is 4.20. The van der Waals surface area contributed by atoms with Crippen molar-refractivity contribution >= 4 is 5.97 Å². The van der Waals surface area contributed by atoms with Crippen molar-refractivity contribution in [3.63, 3.8) is 0 Å². The van der Waals surface area contributed by atoms with Gasteiger partial charge in [-0.15, -0.1) is 0 Å². The van der Waals surface area contributed by atoms with Gasteiger partial charge in [-0.1, -0.05) is 26.7 Å². The van der Waals surface area contributed by atoms with Crippen LogP contribution >= 0.6 is 0 Å². The van der Waals surface area contributed by atoms with Crippen LogP contribution in [0.15, 0.2) is 0 Å². The molecule has 0 radical (unpaired) electrons. The Labute approximate surface area is 93.1 Å². The highest BCUT2D eigenvalue weighted by Gasteiger charge is 2.18. The SMILES string of the molecule is CCOCC(CCCC(C)C)C(=O)OC. The van der Waals surface area contributed by atoms with Crippen molar-refractivity contribution in [1.82, 2.24) is 0 Å². The molecule has 0 aliphatic carbocycles. The zero-order valence-electron chi connectivity index (χ0n) is 10.4. The summed E-state index contributed by atoms with van der Waals surface area (Å²) in [6, 6.07) is 0. The molecule has 0 amide bonds. The van der Waals surface area contributed by atoms with E-state index in [0.717, 1.165) is 19.3 Å². The molecule has 0 aliphatic heterocycles. The van der Waals surface area contributed by atoms with E-state index in [2.05, 4.69) is 13.8 Å². The average Bonchev–Trinajstić information content (AvgIpc) is 2.21. The third-order valence-corrected chi connectivity index (χ3v) is 2.39. The molecule has 0 N–H and O–H groups in total. The van der Waals surface area contributed by atoms with Crippen LogP contribution < -0.4 is 0 Å². The lowest BCUT2D eigenvalue weighted by atomic mass is 9.99. The van der Waals surface area contributed by atoms with Gasteiger partial charge in [0.25, 0.3) is 0 Å². The number of methoxy groups -OCH3 is 1. The Hall–Kier alpha value is -0.570. The van der Waals surface area contributed by atoms with Gasteiger partial charge in [0.05, 0.1) is 19.6 Å². The van der Waals surface area contributed by atoms with Gasteiger partial charge in [0.15, 0.2) is 0 Å². The van der Waals surface area contributed by atoms with Crippen LogP contribution in [-0.2, 0) is 14.3 Å². The summed E-state index contributed by atoms with van der Waals surface area (Å²) in [5.74, 6) is 0.455. The minimum Gasteiger partial charge on any atom is -0.469 e. The lowest BCUT2D eigenvalue weighted by molar-refractivity contribution is -0.147. The minimum atomic E-state index is -0.146. The fraction of sp³-hybridized carbons (Fsp3) is 0.917. The Morgan fingerprint density at radius 1 is 1.27 bits per heavy atom. The van der Waals surface area contributed by atoms with Gasteiger partial charge >= 0.3 is 5.97 Å². The van der Waals surface area contributed by atoms with Crippen LogP contribution in [0.25, 0.3) is 0 Å². The maximum atomic E-state index is 11.4. The van der Waals surface area contributed by atoms with E-state index in [1.807, 2.05) is 6.92 Å². The topological polar surface area (TPSA) is 35.5 Å². The second kappa shape index (κ2) is 8.72. The Balaban J connectivity index is 3.84. The van der Waals surface area contributed by atoms with Crippen molar-refractivity contribution in [3.05, 3.63) is 0 Å². The molecule has 1 atom stereocenters. The van der Waals surface area contributed by atoms with E-state index in [-0.39, 0.29) is 11.9 Å². The van der Waals surface area contributed by atoms with Gasteiger partial charge in [-0.2, -0.15) is 0 Å². The second-order valence-electron chi connectivity index (χ2n) is 4.20. The molecular weight excluding hydrogens is 192 g/mol. The molecule has 0 heterocycles. The molecule has 0 rings (SSSR count). The third kappa shape index (κ3) is 7.37. The number of carbonyl (C=O) groups excluding carboxylic acids is 1. The molecule has 15 heavy (non-hydrogen) atoms. The highest BCUT2D eigenvalue weighted by molar-refractivity contribution is 5.72. The largest absolute Gasteiger partial charge is 0.469 e.